The van der Waals surface area contributed by atoms with E-state index >= 15 is 0 Å². The van der Waals surface area contributed by atoms with Gasteiger partial charge >= 0.3 is 17.9 Å². The lowest BCUT2D eigenvalue weighted by atomic mass is 9.78. The summed E-state index contributed by atoms with van der Waals surface area (Å²) in [6, 6.07) is 20.0. The molecule has 1 aliphatic rings. The number of anilines is 1. The molecule has 0 aliphatic carbocycles. The van der Waals surface area contributed by atoms with Gasteiger partial charge in [0.25, 0.3) is 10.1 Å². The number of amides is 1. The van der Waals surface area contributed by atoms with E-state index in [1.54, 1.807) is 29.2 Å². The fraction of sp³-hybridized carbons (Fsp3) is 0.405. The molecule has 0 spiro atoms. The minimum Gasteiger partial charge on any atom is -0.481 e. The number of rotatable bonds is 19. The van der Waals surface area contributed by atoms with Gasteiger partial charge in [-0.3, -0.25) is 23.4 Å². The summed E-state index contributed by atoms with van der Waals surface area (Å²) in [6.07, 6.45) is 1.42. The van der Waals surface area contributed by atoms with E-state index in [9.17, 15) is 37.1 Å². The number of aryl methyl sites for hydroxylation is 2. The van der Waals surface area contributed by atoms with E-state index in [0.717, 1.165) is 22.9 Å². The average Bonchev–Trinajstić information content (AvgIpc) is 3.07. The van der Waals surface area contributed by atoms with Crippen molar-refractivity contribution in [1.29, 1.82) is 0 Å². The van der Waals surface area contributed by atoms with Crippen molar-refractivity contribution in [2.45, 2.75) is 70.1 Å². The van der Waals surface area contributed by atoms with E-state index < -0.39 is 57.9 Å². The van der Waals surface area contributed by atoms with Crippen LogP contribution in [-0.4, -0.2) is 66.5 Å². The zero-order valence-electron chi connectivity index (χ0n) is 28.3. The molecule has 14 heteroatoms. The van der Waals surface area contributed by atoms with E-state index in [1.165, 1.54) is 19.1 Å². The molecular weight excluding hydrogens is 685 g/mol. The van der Waals surface area contributed by atoms with Gasteiger partial charge in [0.1, 0.15) is 11.9 Å². The normalized spacial score (nSPS) is 17.1. The van der Waals surface area contributed by atoms with E-state index in [-0.39, 0.29) is 31.4 Å². The summed E-state index contributed by atoms with van der Waals surface area (Å²) in [5.41, 5.74) is 3.81. The van der Waals surface area contributed by atoms with Crippen molar-refractivity contribution in [3.05, 3.63) is 101 Å². The van der Waals surface area contributed by atoms with E-state index in [0.29, 0.717) is 43.4 Å². The number of carbonyl (C=O) groups excluding carboxylic acids is 2. The highest BCUT2D eigenvalue weighted by Crippen LogP contribution is 2.46. The molecule has 4 rings (SSSR count). The highest BCUT2D eigenvalue weighted by molar-refractivity contribution is 7.85. The molecule has 4 atom stereocenters. The Bertz CT molecular complexity index is 1770. The lowest BCUT2D eigenvalue weighted by molar-refractivity contribution is -0.155. The Balaban J connectivity index is 1.51. The van der Waals surface area contributed by atoms with Crippen LogP contribution in [0.2, 0.25) is 0 Å². The van der Waals surface area contributed by atoms with Crippen molar-refractivity contribution in [3.8, 4) is 0 Å². The van der Waals surface area contributed by atoms with Gasteiger partial charge in [-0.2, -0.15) is 8.42 Å². The van der Waals surface area contributed by atoms with Gasteiger partial charge in [0.05, 0.1) is 30.9 Å². The highest BCUT2D eigenvalue weighted by atomic mass is 32.2. The van der Waals surface area contributed by atoms with Gasteiger partial charge in [0.15, 0.2) is 5.92 Å². The number of esters is 1. The van der Waals surface area contributed by atoms with Crippen LogP contribution in [0.15, 0.2) is 72.8 Å². The topological polar surface area (TPSA) is 185 Å². The van der Waals surface area contributed by atoms with Crippen molar-refractivity contribution < 1.29 is 56.2 Å². The molecule has 0 bridgehead atoms. The largest absolute Gasteiger partial charge is 0.481 e. The van der Waals surface area contributed by atoms with Crippen molar-refractivity contribution >= 4 is 39.6 Å². The van der Waals surface area contributed by atoms with Crippen LogP contribution in [0, 0.1) is 17.7 Å². The Morgan fingerprint density at radius 1 is 0.863 bits per heavy atom. The summed E-state index contributed by atoms with van der Waals surface area (Å²) in [4.78, 5) is 49.9. The first-order valence-electron chi connectivity index (χ1n) is 16.5. The van der Waals surface area contributed by atoms with Crippen molar-refractivity contribution in [1.82, 2.24) is 0 Å². The van der Waals surface area contributed by atoms with Crippen LogP contribution in [0.4, 0.5) is 10.1 Å². The summed E-state index contributed by atoms with van der Waals surface area (Å²) in [6.45, 7) is 0.945. The summed E-state index contributed by atoms with van der Waals surface area (Å²) < 4.78 is 46.2. The number of carbonyl (C=O) groups is 4. The Kier molecular flexibility index (Phi) is 13.4. The van der Waals surface area contributed by atoms with Gasteiger partial charge in [-0.25, -0.2) is 4.39 Å². The Morgan fingerprint density at radius 3 is 2.02 bits per heavy atom. The fourth-order valence-corrected chi connectivity index (χ4v) is 6.59. The van der Waals surface area contributed by atoms with E-state index in [1.807, 2.05) is 36.4 Å². The molecule has 0 aromatic heterocycles. The van der Waals surface area contributed by atoms with Crippen LogP contribution in [-0.2, 0) is 51.1 Å². The molecule has 274 valence electrons. The number of halogens is 1. The van der Waals surface area contributed by atoms with Gasteiger partial charge in [-0.05, 0) is 91.5 Å². The molecule has 3 aromatic rings. The maximum atomic E-state index is 13.8. The first-order valence-corrected chi connectivity index (χ1v) is 18.4. The molecule has 1 amide bonds. The van der Waals surface area contributed by atoms with Gasteiger partial charge in [0, 0.05) is 12.6 Å². The van der Waals surface area contributed by atoms with Crippen LogP contribution in [0.1, 0.15) is 73.4 Å². The van der Waals surface area contributed by atoms with E-state index in [2.05, 4.69) is 4.18 Å². The smallest absolute Gasteiger partial charge is 0.317 e. The Morgan fingerprint density at radius 2 is 1.45 bits per heavy atom. The maximum absolute atomic E-state index is 13.8. The Labute approximate surface area is 295 Å². The number of ether oxygens (including phenoxy) is 1. The van der Waals surface area contributed by atoms with Crippen molar-refractivity contribution in [3.63, 3.8) is 0 Å². The zero-order chi connectivity index (χ0) is 37.3. The predicted molar refractivity (Wildman–Crippen MR) is 184 cm³/mol. The summed E-state index contributed by atoms with van der Waals surface area (Å²) >= 11 is 0. The zero-order valence-corrected chi connectivity index (χ0v) is 29.1. The van der Waals surface area contributed by atoms with Gasteiger partial charge < -0.3 is 25.0 Å². The van der Waals surface area contributed by atoms with Gasteiger partial charge in [-0.15, -0.1) is 0 Å². The molecule has 1 aliphatic heterocycles. The highest BCUT2D eigenvalue weighted by Gasteiger charge is 2.48. The number of β-lactam (4-membered cyclic amide) rings is 1. The number of aliphatic hydroxyl groups is 1. The first kappa shape index (κ1) is 39.1. The predicted octanol–water partition coefficient (Wildman–Crippen LogP) is 4.99. The second kappa shape index (κ2) is 17.5. The van der Waals surface area contributed by atoms with Gasteiger partial charge in [-0.1, -0.05) is 48.5 Å². The lowest BCUT2D eigenvalue weighted by Gasteiger charge is -2.48. The van der Waals surface area contributed by atoms with Crippen LogP contribution < -0.4 is 4.90 Å². The average molecular weight is 728 g/mol. The summed E-state index contributed by atoms with van der Waals surface area (Å²) in [7, 11) is -3.67. The minimum absolute atomic E-state index is 0.0136. The van der Waals surface area contributed by atoms with Crippen LogP contribution in [0.25, 0.3) is 0 Å². The monoisotopic (exact) mass is 727 g/mol. The minimum atomic E-state index is -3.67. The number of hydrogen-bond acceptors (Lipinski definition) is 9. The number of aliphatic carboxylic acids is 2. The standard InChI is InChI=1S/C37H42FNO11S/c1-23(40)50-33(26-13-15-28(38)16-14-26)21-20-31-34(27-11-6-24(7-12-27)4-3-5-32(36(43)44)37(45)46)39(35(31)42)29-17-8-25(9-18-29)10-19-30(41)22-49-51(2,47)48/h6-9,11-18,30-34,41H,3-5,10,19-22H2,1-2H3,(H,43,44)(H,45,46)/t30?,31-,33+,34-/m1/s1. The molecule has 1 unspecified atom stereocenters. The summed E-state index contributed by atoms with van der Waals surface area (Å²) in [5.74, 6) is -5.79. The second-order valence-electron chi connectivity index (χ2n) is 12.7. The number of carboxylic acids is 2. The number of benzene rings is 3. The van der Waals surface area contributed by atoms with Crippen LogP contribution in [0.5, 0.6) is 0 Å². The van der Waals surface area contributed by atoms with E-state index in [4.69, 9.17) is 14.9 Å². The third-order valence-corrected chi connectivity index (χ3v) is 9.40. The van der Waals surface area contributed by atoms with Crippen molar-refractivity contribution in [2.75, 3.05) is 17.8 Å². The third-order valence-electron chi connectivity index (χ3n) is 8.83. The Hall–Kier alpha value is -4.66. The van der Waals surface area contributed by atoms with Crippen LogP contribution >= 0.6 is 0 Å². The lowest BCUT2D eigenvalue weighted by Crippen LogP contribution is -2.55. The molecule has 12 nitrogen and oxygen atoms in total. The first-order chi connectivity index (χ1) is 24.1. The quantitative estimate of drug-likeness (QED) is 0.0654. The molecule has 3 N–H and O–H groups in total. The molecule has 1 heterocycles. The third kappa shape index (κ3) is 11.2. The SMILES string of the molecule is CC(=O)O[C@@H](CC[C@H]1C(=O)N(c2ccc(CCC(O)COS(C)(=O)=O)cc2)[C@@H]1c1ccc(CCCC(C(=O)O)C(=O)O)cc1)c1ccc(F)cc1. The number of carboxylic acid groups (broad SMARTS) is 2. The molecule has 3 aromatic carbocycles. The molecular formula is C37H42FNO11S. The number of nitrogens with zero attached hydrogens (tertiary/aromatic N) is 1. The molecule has 1 fully saturated rings. The second-order valence-corrected chi connectivity index (χ2v) is 14.3. The van der Waals surface area contributed by atoms with Gasteiger partial charge in [0.2, 0.25) is 5.91 Å². The van der Waals surface area contributed by atoms with Crippen LogP contribution in [0.3, 0.4) is 0 Å². The molecule has 1 saturated heterocycles. The molecule has 0 saturated carbocycles. The number of hydrogen-bond donors (Lipinski definition) is 3. The summed E-state index contributed by atoms with van der Waals surface area (Å²) in [5, 5.41) is 28.4. The molecule has 0 radical (unpaired) electrons. The number of aliphatic hydroxyl groups excluding tert-OH is 1. The van der Waals surface area contributed by atoms with Crippen molar-refractivity contribution in [2.24, 2.45) is 11.8 Å². The molecule has 51 heavy (non-hydrogen) atoms. The maximum Gasteiger partial charge on any atom is 0.317 e. The fourth-order valence-electron chi connectivity index (χ4n) is 6.19.